The van der Waals surface area contributed by atoms with Crippen LogP contribution in [0.15, 0.2) is 18.2 Å². The smallest absolute Gasteiger partial charge is 0.475 e. The van der Waals surface area contributed by atoms with E-state index in [1.165, 1.54) is 43.2 Å². The van der Waals surface area contributed by atoms with Crippen molar-refractivity contribution in [3.8, 4) is 5.75 Å². The number of halogens is 3. The van der Waals surface area contributed by atoms with Crippen LogP contribution in [0.2, 0.25) is 0 Å². The zero-order valence-electron chi connectivity index (χ0n) is 18.6. The molecule has 1 saturated heterocycles. The first-order chi connectivity index (χ1) is 15.7. The van der Waals surface area contributed by atoms with Gasteiger partial charge in [-0.05, 0) is 67.8 Å². The number of hydrogen-bond acceptors (Lipinski definition) is 6. The van der Waals surface area contributed by atoms with Gasteiger partial charge in [-0.2, -0.15) is 13.2 Å². The van der Waals surface area contributed by atoms with Gasteiger partial charge < -0.3 is 24.6 Å². The second kappa shape index (κ2) is 10.6. The first-order valence-electron chi connectivity index (χ1n) is 11.3. The Morgan fingerprint density at radius 1 is 1.21 bits per heavy atom. The van der Waals surface area contributed by atoms with E-state index in [1.54, 1.807) is 0 Å². The van der Waals surface area contributed by atoms with Crippen LogP contribution >= 0.6 is 0 Å². The molecule has 1 saturated carbocycles. The average Bonchev–Trinajstić information content (AvgIpc) is 2.78. The van der Waals surface area contributed by atoms with Crippen molar-refractivity contribution in [3.05, 3.63) is 29.3 Å². The number of benzene rings is 1. The molecule has 4 rings (SSSR count). The summed E-state index contributed by atoms with van der Waals surface area (Å²) in [7, 11) is 0. The molecule has 7 nitrogen and oxygen atoms in total. The van der Waals surface area contributed by atoms with Crippen LogP contribution in [-0.2, 0) is 26.1 Å². The van der Waals surface area contributed by atoms with E-state index in [2.05, 4.69) is 17.4 Å². The molecule has 1 aromatic rings. The molecular weight excluding hydrogens is 443 g/mol. The molecule has 1 heterocycles. The third kappa shape index (κ3) is 5.90. The number of nitrogens with one attached hydrogen (secondary N) is 1. The lowest BCUT2D eigenvalue weighted by molar-refractivity contribution is -0.192. The highest BCUT2D eigenvalue weighted by atomic mass is 19.4. The molecule has 1 aromatic carbocycles. The molecule has 2 fully saturated rings. The van der Waals surface area contributed by atoms with E-state index in [0.717, 1.165) is 31.1 Å². The Morgan fingerprint density at radius 2 is 1.97 bits per heavy atom. The van der Waals surface area contributed by atoms with Gasteiger partial charge in [-0.25, -0.2) is 9.59 Å². The molecule has 0 amide bonds. The van der Waals surface area contributed by atoms with Crippen LogP contribution in [-0.4, -0.2) is 49.4 Å². The van der Waals surface area contributed by atoms with Crippen LogP contribution in [0.4, 0.5) is 18.0 Å². The largest absolute Gasteiger partial charge is 0.511 e. The molecule has 0 aromatic heterocycles. The van der Waals surface area contributed by atoms with Crippen LogP contribution in [0, 0.1) is 5.92 Å². The minimum atomic E-state index is -5.08. The van der Waals surface area contributed by atoms with Crippen molar-refractivity contribution >= 4 is 12.1 Å². The fraction of sp³-hybridized carbons (Fsp3) is 0.652. The lowest BCUT2D eigenvalue weighted by atomic mass is 9.53. The van der Waals surface area contributed by atoms with Crippen molar-refractivity contribution in [1.29, 1.82) is 0 Å². The summed E-state index contributed by atoms with van der Waals surface area (Å²) in [6.07, 6.45) is 2.63. The Kier molecular flexibility index (Phi) is 8.10. The maximum absolute atomic E-state index is 11.4. The zero-order chi connectivity index (χ0) is 24.1. The number of carbonyl (C=O) groups excluding carboxylic acids is 1. The maximum atomic E-state index is 11.4. The molecular formula is C23H30F3NO6. The van der Waals surface area contributed by atoms with Crippen molar-refractivity contribution in [3.63, 3.8) is 0 Å². The molecule has 33 heavy (non-hydrogen) atoms. The van der Waals surface area contributed by atoms with Gasteiger partial charge in [-0.15, -0.1) is 0 Å². The molecule has 0 radical (unpaired) electrons. The van der Waals surface area contributed by atoms with Gasteiger partial charge in [0.1, 0.15) is 5.75 Å². The molecule has 3 aliphatic rings. The average molecular weight is 473 g/mol. The number of ether oxygens (including phenoxy) is 3. The summed E-state index contributed by atoms with van der Waals surface area (Å²) < 4.78 is 47.3. The number of alkyl halides is 3. The predicted molar refractivity (Wildman–Crippen MR) is 112 cm³/mol. The molecule has 1 aliphatic heterocycles. The van der Waals surface area contributed by atoms with Gasteiger partial charge in [-0.3, -0.25) is 0 Å². The molecule has 10 heteroatoms. The van der Waals surface area contributed by atoms with Gasteiger partial charge in [-0.1, -0.05) is 25.8 Å². The lowest BCUT2D eigenvalue weighted by Gasteiger charge is -2.56. The van der Waals surface area contributed by atoms with E-state index in [1.807, 2.05) is 13.0 Å². The topological polar surface area (TPSA) is 94.1 Å². The summed E-state index contributed by atoms with van der Waals surface area (Å²) in [5.74, 6) is -1.23. The number of aliphatic carboxylic acids is 1. The van der Waals surface area contributed by atoms with Gasteiger partial charge in [0.05, 0.1) is 6.61 Å². The molecule has 0 unspecified atom stereocenters. The Morgan fingerprint density at radius 3 is 2.67 bits per heavy atom. The van der Waals surface area contributed by atoms with Crippen molar-refractivity contribution in [2.75, 3.05) is 19.9 Å². The van der Waals surface area contributed by atoms with Crippen LogP contribution in [0.3, 0.4) is 0 Å². The number of carbonyl (C=O) groups is 2. The quantitative estimate of drug-likeness (QED) is 0.478. The highest BCUT2D eigenvalue weighted by molar-refractivity contribution is 5.73. The summed E-state index contributed by atoms with van der Waals surface area (Å²) in [4.78, 5) is 20.3. The van der Waals surface area contributed by atoms with E-state index in [4.69, 9.17) is 24.1 Å². The first-order valence-corrected chi connectivity index (χ1v) is 11.3. The third-order valence-corrected chi connectivity index (χ3v) is 6.69. The van der Waals surface area contributed by atoms with Gasteiger partial charge >= 0.3 is 18.3 Å². The van der Waals surface area contributed by atoms with Crippen molar-refractivity contribution in [1.82, 2.24) is 5.32 Å². The Labute approximate surface area is 190 Å². The van der Waals surface area contributed by atoms with Crippen molar-refractivity contribution < 1.29 is 42.1 Å². The number of carboxylic acid groups (broad SMARTS) is 1. The molecule has 2 N–H and O–H groups in total. The van der Waals surface area contributed by atoms with Gasteiger partial charge in [0, 0.05) is 11.5 Å². The molecule has 2 bridgehead atoms. The minimum Gasteiger partial charge on any atom is -0.475 e. The normalized spacial score (nSPS) is 25.5. The van der Waals surface area contributed by atoms with E-state index in [-0.39, 0.29) is 6.79 Å². The predicted octanol–water partition coefficient (Wildman–Crippen LogP) is 4.57. The number of piperidine rings is 1. The van der Waals surface area contributed by atoms with E-state index < -0.39 is 18.3 Å². The van der Waals surface area contributed by atoms with E-state index in [9.17, 15) is 18.0 Å². The van der Waals surface area contributed by atoms with E-state index >= 15 is 0 Å². The molecule has 2 aliphatic carbocycles. The monoisotopic (exact) mass is 473 g/mol. The molecule has 0 spiro atoms. The fourth-order valence-electron chi connectivity index (χ4n) is 5.37. The lowest BCUT2D eigenvalue weighted by Crippen LogP contribution is -2.59. The minimum absolute atomic E-state index is 0.109. The Hall–Kier alpha value is -2.49. The number of hydrogen-bond donors (Lipinski definition) is 2. The highest BCUT2D eigenvalue weighted by Gasteiger charge is 2.51. The van der Waals surface area contributed by atoms with Crippen molar-refractivity contribution in [2.45, 2.75) is 69.5 Å². The molecule has 3 atom stereocenters. The third-order valence-electron chi connectivity index (χ3n) is 6.69. The molecule has 184 valence electrons. The van der Waals surface area contributed by atoms with Crippen LogP contribution < -0.4 is 10.1 Å². The summed E-state index contributed by atoms with van der Waals surface area (Å²) in [5.41, 5.74) is 3.24. The Bertz CT molecular complexity index is 842. The maximum Gasteiger partial charge on any atom is 0.511 e. The van der Waals surface area contributed by atoms with Crippen molar-refractivity contribution in [2.24, 2.45) is 5.92 Å². The summed E-state index contributed by atoms with van der Waals surface area (Å²) in [5, 5.41) is 10.9. The van der Waals surface area contributed by atoms with Gasteiger partial charge in [0.25, 0.3) is 0 Å². The second-order valence-corrected chi connectivity index (χ2v) is 8.65. The number of carboxylic acids is 1. The second-order valence-electron chi connectivity index (χ2n) is 8.65. The SMILES string of the molecule is CCCOC(=O)OCOc1ccc2c(c1)[C@]13CCCC[C@@H]1[C@@H](C2)NCC3.O=C(O)C(F)(F)F. The summed E-state index contributed by atoms with van der Waals surface area (Å²) >= 11 is 0. The van der Waals surface area contributed by atoms with Gasteiger partial charge in [0.2, 0.25) is 6.79 Å². The number of fused-ring (bicyclic) bond motifs is 1. The van der Waals surface area contributed by atoms with Crippen LogP contribution in [0.5, 0.6) is 5.75 Å². The van der Waals surface area contributed by atoms with Crippen LogP contribution in [0.25, 0.3) is 0 Å². The first kappa shape index (κ1) is 25.1. The number of rotatable bonds is 5. The summed E-state index contributed by atoms with van der Waals surface area (Å²) in [6.45, 7) is 3.32. The fourth-order valence-corrected chi connectivity index (χ4v) is 5.37. The van der Waals surface area contributed by atoms with Crippen LogP contribution in [0.1, 0.15) is 56.6 Å². The van der Waals surface area contributed by atoms with E-state index in [0.29, 0.717) is 18.1 Å². The Balaban J connectivity index is 0.000000383. The highest BCUT2D eigenvalue weighted by Crippen LogP contribution is 2.54. The van der Waals surface area contributed by atoms with Gasteiger partial charge in [0.15, 0.2) is 0 Å². The summed E-state index contributed by atoms with van der Waals surface area (Å²) in [6, 6.07) is 7.03. The zero-order valence-corrected chi connectivity index (χ0v) is 18.6. The standard InChI is InChI=1S/C21H29NO4.C2HF3O2/c1-2-11-24-20(23)26-14-25-16-7-6-15-12-19-17-5-3-4-8-21(17,9-10-22-19)18(15)13-16;3-2(4,5)1(6)7/h6-7,13,17,19,22H,2-5,8-12,14H2,1H3;(H,6,7)/t17-,19-,21+;/m1./s1.